The molecular weight excluding hydrogens is 140 g/mol. The lowest BCUT2D eigenvalue weighted by molar-refractivity contribution is 0.949. The van der Waals surface area contributed by atoms with Crippen LogP contribution in [0.1, 0.15) is 12.8 Å². The Labute approximate surface area is 57.9 Å². The van der Waals surface area contributed by atoms with Crippen LogP contribution in [0.15, 0.2) is 0 Å². The normalized spacial score (nSPS) is 30.2. The van der Waals surface area contributed by atoms with Gasteiger partial charge in [0.15, 0.2) is 0 Å². The summed E-state index contributed by atoms with van der Waals surface area (Å²) in [6.07, 6.45) is 5.23. The molecule has 1 fully saturated rings. The number of rotatable bonds is 1. The van der Waals surface area contributed by atoms with Crippen molar-refractivity contribution in [2.75, 3.05) is 23.0 Å². The molecule has 0 atom stereocenters. The highest BCUT2D eigenvalue weighted by atomic mass is 35.5. The molecule has 0 radical (unpaired) electrons. The predicted octanol–water partition coefficient (Wildman–Crippen LogP) is 2.41. The zero-order chi connectivity index (χ0) is 6.04. The van der Waals surface area contributed by atoms with Crippen LogP contribution in [0.3, 0.4) is 0 Å². The number of halogens is 1. The summed E-state index contributed by atoms with van der Waals surface area (Å²) in [4.78, 5) is 0. The van der Waals surface area contributed by atoms with E-state index >= 15 is 0 Å². The van der Waals surface area contributed by atoms with Crippen molar-refractivity contribution in [3.05, 3.63) is 0 Å². The van der Waals surface area contributed by atoms with Crippen molar-refractivity contribution in [2.24, 2.45) is 0 Å². The first-order valence-electron chi connectivity index (χ1n) is 3.04. The fraction of sp³-hybridized carbons (Fsp3) is 1.00. The van der Waals surface area contributed by atoms with Crippen molar-refractivity contribution < 1.29 is 0 Å². The zero-order valence-corrected chi connectivity index (χ0v) is 6.89. The molecule has 50 valence electrons. The lowest BCUT2D eigenvalue weighted by Crippen LogP contribution is -1.99. The Kier molecular flexibility index (Phi) is 2.10. The van der Waals surface area contributed by atoms with Crippen molar-refractivity contribution in [2.45, 2.75) is 12.8 Å². The molecule has 0 aromatic heterocycles. The van der Waals surface area contributed by atoms with Crippen molar-refractivity contribution in [3.63, 3.8) is 0 Å². The van der Waals surface area contributed by atoms with Crippen LogP contribution >= 0.6 is 21.6 Å². The van der Waals surface area contributed by atoms with Gasteiger partial charge in [-0.15, -0.1) is 11.6 Å². The zero-order valence-electron chi connectivity index (χ0n) is 5.32. The van der Waals surface area contributed by atoms with Crippen molar-refractivity contribution >= 4 is 21.6 Å². The Balaban J connectivity index is 2.40. The van der Waals surface area contributed by atoms with E-state index in [1.165, 1.54) is 24.3 Å². The summed E-state index contributed by atoms with van der Waals surface area (Å²) >= 11 is 5.79. The summed E-state index contributed by atoms with van der Waals surface area (Å²) in [7, 11) is -0.276. The maximum Gasteiger partial charge on any atom is 0.0525 e. The maximum absolute atomic E-state index is 5.79. The molecule has 8 heavy (non-hydrogen) atoms. The van der Waals surface area contributed by atoms with Gasteiger partial charge in [0, 0.05) is 0 Å². The summed E-state index contributed by atoms with van der Waals surface area (Å²) < 4.78 is 0. The van der Waals surface area contributed by atoms with Crippen molar-refractivity contribution in [3.8, 4) is 0 Å². The first-order chi connectivity index (χ1) is 3.77. The summed E-state index contributed by atoms with van der Waals surface area (Å²) in [5.41, 5.74) is 0. The highest BCUT2D eigenvalue weighted by molar-refractivity contribution is 8.34. The highest BCUT2D eigenvalue weighted by Gasteiger charge is 2.21. The lowest BCUT2D eigenvalue weighted by atomic mass is 10.4. The van der Waals surface area contributed by atoms with Crippen LogP contribution in [0, 0.1) is 0 Å². The minimum absolute atomic E-state index is 0.276. The number of hydrogen-bond donors (Lipinski definition) is 0. The van der Waals surface area contributed by atoms with E-state index in [9.17, 15) is 0 Å². The van der Waals surface area contributed by atoms with Crippen molar-refractivity contribution in [1.82, 2.24) is 0 Å². The molecule has 0 amide bonds. The molecule has 1 rings (SSSR count). The predicted molar refractivity (Wildman–Crippen MR) is 43.2 cm³/mol. The highest BCUT2D eigenvalue weighted by Crippen LogP contribution is 2.50. The topological polar surface area (TPSA) is 0 Å². The van der Waals surface area contributed by atoms with Gasteiger partial charge in [0.05, 0.1) is 5.21 Å². The van der Waals surface area contributed by atoms with E-state index in [-0.39, 0.29) is 10.0 Å². The molecule has 0 aromatic carbocycles. The molecule has 0 aromatic rings. The summed E-state index contributed by atoms with van der Waals surface area (Å²) in [5, 5.41) is 0.938. The Bertz CT molecular complexity index is 76.6. The van der Waals surface area contributed by atoms with E-state index < -0.39 is 0 Å². The first-order valence-corrected chi connectivity index (χ1v) is 6.12. The molecule has 0 aliphatic carbocycles. The van der Waals surface area contributed by atoms with Gasteiger partial charge in [-0.2, -0.15) is 0 Å². The second-order valence-corrected chi connectivity index (χ2v) is 7.35. The average molecular weight is 153 g/mol. The average Bonchev–Trinajstić information content (AvgIpc) is 2.17. The minimum Gasteiger partial charge on any atom is -0.231 e. The van der Waals surface area contributed by atoms with Crippen molar-refractivity contribution in [1.29, 1.82) is 0 Å². The molecule has 2 heteroatoms. The second kappa shape index (κ2) is 2.49. The van der Waals surface area contributed by atoms with E-state index in [0.717, 1.165) is 5.21 Å². The molecule has 1 saturated heterocycles. The van der Waals surface area contributed by atoms with Crippen LogP contribution in [0.4, 0.5) is 0 Å². The van der Waals surface area contributed by atoms with Gasteiger partial charge in [0.25, 0.3) is 0 Å². The lowest BCUT2D eigenvalue weighted by Gasteiger charge is -2.26. The molecule has 1 aliphatic rings. The van der Waals surface area contributed by atoms with Gasteiger partial charge in [-0.25, -0.2) is 10.0 Å². The van der Waals surface area contributed by atoms with Crippen LogP contribution in [0.5, 0.6) is 0 Å². The third kappa shape index (κ3) is 1.32. The molecular formula is C6H13ClS. The molecule has 0 N–H and O–H groups in total. The molecule has 0 spiro atoms. The van der Waals surface area contributed by atoms with Crippen LogP contribution in [0.25, 0.3) is 0 Å². The summed E-state index contributed by atoms with van der Waals surface area (Å²) in [6.45, 7) is 0. The fourth-order valence-electron chi connectivity index (χ4n) is 1.11. The van der Waals surface area contributed by atoms with Crippen LogP contribution < -0.4 is 0 Å². The monoisotopic (exact) mass is 152 g/mol. The fourth-order valence-corrected chi connectivity index (χ4v) is 3.99. The van der Waals surface area contributed by atoms with E-state index in [1.807, 2.05) is 0 Å². The van der Waals surface area contributed by atoms with E-state index in [2.05, 4.69) is 6.26 Å². The van der Waals surface area contributed by atoms with Gasteiger partial charge in [0.1, 0.15) is 0 Å². The number of alkyl halides is 1. The number of hydrogen-bond acceptors (Lipinski definition) is 0. The van der Waals surface area contributed by atoms with E-state index in [4.69, 9.17) is 11.6 Å². The van der Waals surface area contributed by atoms with E-state index in [1.54, 1.807) is 0 Å². The van der Waals surface area contributed by atoms with Crippen LogP contribution in [-0.2, 0) is 0 Å². The second-order valence-electron chi connectivity index (χ2n) is 2.70. The smallest absolute Gasteiger partial charge is 0.0525 e. The molecule has 1 heterocycles. The molecule has 0 unspecified atom stereocenters. The largest absolute Gasteiger partial charge is 0.231 e. The van der Waals surface area contributed by atoms with Gasteiger partial charge in [-0.1, -0.05) is 0 Å². The van der Waals surface area contributed by atoms with Gasteiger partial charge < -0.3 is 0 Å². The first kappa shape index (κ1) is 6.76. The molecule has 0 nitrogen and oxygen atoms in total. The van der Waals surface area contributed by atoms with Gasteiger partial charge in [-0.05, 0) is 30.6 Å². The molecule has 0 bridgehead atoms. The minimum atomic E-state index is -0.276. The van der Waals surface area contributed by atoms with Crippen LogP contribution in [-0.4, -0.2) is 23.0 Å². The summed E-state index contributed by atoms with van der Waals surface area (Å²) in [6, 6.07) is 0. The molecule has 0 saturated carbocycles. The maximum atomic E-state index is 5.79. The SMILES string of the molecule is CS1(CCl)CCCC1. The quantitative estimate of drug-likeness (QED) is 0.507. The third-order valence-corrected chi connectivity index (χ3v) is 6.44. The van der Waals surface area contributed by atoms with Crippen LogP contribution in [0.2, 0.25) is 0 Å². The Hall–Kier alpha value is 0.640. The van der Waals surface area contributed by atoms with Gasteiger partial charge in [-0.3, -0.25) is 0 Å². The van der Waals surface area contributed by atoms with Gasteiger partial charge in [0.2, 0.25) is 0 Å². The Morgan fingerprint density at radius 1 is 1.38 bits per heavy atom. The summed E-state index contributed by atoms with van der Waals surface area (Å²) in [5.74, 6) is 2.85. The Morgan fingerprint density at radius 2 is 1.88 bits per heavy atom. The Morgan fingerprint density at radius 3 is 2.12 bits per heavy atom. The van der Waals surface area contributed by atoms with E-state index in [0.29, 0.717) is 0 Å². The third-order valence-electron chi connectivity index (χ3n) is 1.79. The standard InChI is InChI=1S/C6H13ClS/c1-8(6-7)4-2-3-5-8/h2-6H2,1H3. The molecule has 1 aliphatic heterocycles. The van der Waals surface area contributed by atoms with Gasteiger partial charge >= 0.3 is 0 Å².